The first-order valence-corrected chi connectivity index (χ1v) is 6.87. The lowest BCUT2D eigenvalue weighted by atomic mass is 9.94. The van der Waals surface area contributed by atoms with Gasteiger partial charge < -0.3 is 15.2 Å². The van der Waals surface area contributed by atoms with Crippen LogP contribution in [-0.4, -0.2) is 60.2 Å². The van der Waals surface area contributed by atoms with E-state index in [1.807, 2.05) is 13.8 Å². The Hall–Kier alpha value is -0.980. The summed E-state index contributed by atoms with van der Waals surface area (Å²) in [7, 11) is 4.25. The van der Waals surface area contributed by atoms with Crippen molar-refractivity contribution in [2.24, 2.45) is 5.73 Å². The van der Waals surface area contributed by atoms with E-state index in [9.17, 15) is 0 Å². The van der Waals surface area contributed by atoms with E-state index < -0.39 is 0 Å². The van der Waals surface area contributed by atoms with Crippen LogP contribution in [0.3, 0.4) is 0 Å². The average Bonchev–Trinajstić information content (AvgIpc) is 2.79. The van der Waals surface area contributed by atoms with Gasteiger partial charge in [-0.2, -0.15) is 4.98 Å². The van der Waals surface area contributed by atoms with Crippen LogP contribution in [0.5, 0.6) is 0 Å². The van der Waals surface area contributed by atoms with Crippen LogP contribution in [-0.2, 0) is 5.41 Å². The minimum Gasteiger partial charge on any atom is -0.339 e. The van der Waals surface area contributed by atoms with Crippen molar-refractivity contribution >= 4 is 0 Å². The Morgan fingerprint density at radius 2 is 2.11 bits per heavy atom. The smallest absolute Gasteiger partial charge is 0.233 e. The van der Waals surface area contributed by atoms with Gasteiger partial charge in [0.15, 0.2) is 5.82 Å². The van der Waals surface area contributed by atoms with Gasteiger partial charge in [-0.1, -0.05) is 5.16 Å². The van der Waals surface area contributed by atoms with Gasteiger partial charge in [0.25, 0.3) is 0 Å². The van der Waals surface area contributed by atoms with E-state index in [-0.39, 0.29) is 11.5 Å². The first-order valence-electron chi connectivity index (χ1n) is 6.87. The maximum Gasteiger partial charge on any atom is 0.233 e. The molecule has 1 saturated heterocycles. The fraction of sp³-hybridized carbons (Fsp3) is 0.846. The van der Waals surface area contributed by atoms with Crippen LogP contribution in [0, 0.1) is 0 Å². The summed E-state index contributed by atoms with van der Waals surface area (Å²) in [6.45, 7) is 7.63. The van der Waals surface area contributed by atoms with Gasteiger partial charge in [-0.15, -0.1) is 0 Å². The number of aromatic nitrogens is 2. The second kappa shape index (κ2) is 5.56. The van der Waals surface area contributed by atoms with Crippen LogP contribution < -0.4 is 5.73 Å². The standard InChI is InChI=1S/C13H25N5O/c1-13(2,9-14)12-15-11(16-19-12)10-8-17(3)6-5-7-18(10)4/h10H,5-9,14H2,1-4H3. The minimum absolute atomic E-state index is 0.193. The Labute approximate surface area is 114 Å². The summed E-state index contributed by atoms with van der Waals surface area (Å²) in [5.41, 5.74) is 5.49. The zero-order valence-electron chi connectivity index (χ0n) is 12.4. The summed E-state index contributed by atoms with van der Waals surface area (Å²) in [6.07, 6.45) is 1.17. The van der Waals surface area contributed by atoms with Crippen LogP contribution in [0.15, 0.2) is 4.52 Å². The normalized spacial score (nSPS) is 23.5. The molecule has 0 saturated carbocycles. The van der Waals surface area contributed by atoms with E-state index in [1.54, 1.807) is 0 Å². The van der Waals surface area contributed by atoms with E-state index in [0.29, 0.717) is 12.4 Å². The van der Waals surface area contributed by atoms with E-state index in [1.165, 1.54) is 6.42 Å². The molecule has 0 radical (unpaired) electrons. The lowest BCUT2D eigenvalue weighted by molar-refractivity contribution is 0.214. The summed E-state index contributed by atoms with van der Waals surface area (Å²) in [5, 5.41) is 4.17. The second-order valence-corrected chi connectivity index (χ2v) is 6.16. The van der Waals surface area contributed by atoms with Crippen molar-refractivity contribution in [2.45, 2.75) is 31.7 Å². The molecule has 0 spiro atoms. The third kappa shape index (κ3) is 3.13. The molecule has 0 bridgehead atoms. The molecule has 108 valence electrons. The van der Waals surface area contributed by atoms with Crippen LogP contribution in [0.4, 0.5) is 0 Å². The quantitative estimate of drug-likeness (QED) is 0.865. The molecule has 6 heteroatoms. The first-order chi connectivity index (χ1) is 8.94. The number of hydrogen-bond acceptors (Lipinski definition) is 6. The molecule has 0 amide bonds. The Morgan fingerprint density at radius 3 is 2.79 bits per heavy atom. The molecule has 2 rings (SSSR count). The predicted molar refractivity (Wildman–Crippen MR) is 73.9 cm³/mol. The number of likely N-dealkylation sites (N-methyl/N-ethyl adjacent to an activating group) is 2. The van der Waals surface area contributed by atoms with Crippen molar-refractivity contribution in [3.63, 3.8) is 0 Å². The molecular formula is C13H25N5O. The predicted octanol–water partition coefficient (Wildman–Crippen LogP) is 0.614. The fourth-order valence-corrected chi connectivity index (χ4v) is 2.28. The molecule has 1 aromatic rings. The van der Waals surface area contributed by atoms with Crippen LogP contribution in [0.1, 0.15) is 38.0 Å². The maximum atomic E-state index is 5.75. The van der Waals surface area contributed by atoms with Gasteiger partial charge in [-0.25, -0.2) is 0 Å². The van der Waals surface area contributed by atoms with E-state index in [4.69, 9.17) is 10.3 Å². The third-order valence-corrected chi connectivity index (χ3v) is 3.90. The zero-order chi connectivity index (χ0) is 14.0. The highest BCUT2D eigenvalue weighted by molar-refractivity contribution is 5.05. The van der Waals surface area contributed by atoms with E-state index in [2.05, 4.69) is 34.0 Å². The maximum absolute atomic E-state index is 5.75. The van der Waals surface area contributed by atoms with Crippen molar-refractivity contribution in [1.29, 1.82) is 0 Å². The van der Waals surface area contributed by atoms with Gasteiger partial charge in [-0.05, 0) is 47.5 Å². The number of nitrogens with two attached hydrogens (primary N) is 1. The molecule has 1 aliphatic rings. The Bertz CT molecular complexity index is 417. The molecule has 1 aliphatic heterocycles. The number of rotatable bonds is 3. The molecule has 1 fully saturated rings. The summed E-state index contributed by atoms with van der Waals surface area (Å²) in [5.74, 6) is 1.40. The summed E-state index contributed by atoms with van der Waals surface area (Å²) in [6, 6.07) is 0.193. The highest BCUT2D eigenvalue weighted by Gasteiger charge is 2.30. The Morgan fingerprint density at radius 1 is 1.37 bits per heavy atom. The summed E-state index contributed by atoms with van der Waals surface area (Å²) >= 11 is 0. The van der Waals surface area contributed by atoms with Crippen molar-refractivity contribution in [2.75, 3.05) is 40.3 Å². The zero-order valence-corrected chi connectivity index (χ0v) is 12.4. The van der Waals surface area contributed by atoms with Gasteiger partial charge in [-0.3, -0.25) is 4.90 Å². The third-order valence-electron chi connectivity index (χ3n) is 3.90. The Balaban J connectivity index is 2.21. The van der Waals surface area contributed by atoms with E-state index in [0.717, 1.165) is 25.5 Å². The first kappa shape index (κ1) is 14.4. The van der Waals surface area contributed by atoms with Gasteiger partial charge >= 0.3 is 0 Å². The molecule has 19 heavy (non-hydrogen) atoms. The largest absolute Gasteiger partial charge is 0.339 e. The minimum atomic E-state index is -0.263. The molecule has 2 heterocycles. The molecule has 2 N–H and O–H groups in total. The van der Waals surface area contributed by atoms with Crippen molar-refractivity contribution < 1.29 is 4.52 Å². The molecule has 1 unspecified atom stereocenters. The van der Waals surface area contributed by atoms with Gasteiger partial charge in [0.05, 0.1) is 11.5 Å². The second-order valence-electron chi connectivity index (χ2n) is 6.16. The number of hydrogen-bond donors (Lipinski definition) is 1. The topological polar surface area (TPSA) is 71.4 Å². The molecule has 1 aromatic heterocycles. The van der Waals surface area contributed by atoms with Crippen molar-refractivity contribution in [3.05, 3.63) is 11.7 Å². The van der Waals surface area contributed by atoms with Crippen LogP contribution in [0.2, 0.25) is 0 Å². The molecule has 1 atom stereocenters. The number of nitrogens with zero attached hydrogens (tertiary/aromatic N) is 4. The summed E-state index contributed by atoms with van der Waals surface area (Å²) < 4.78 is 5.41. The molecule has 0 aliphatic carbocycles. The van der Waals surface area contributed by atoms with Crippen molar-refractivity contribution in [3.8, 4) is 0 Å². The highest BCUT2D eigenvalue weighted by Crippen LogP contribution is 2.25. The SMILES string of the molecule is CN1CCCN(C)C(c2noc(C(C)(C)CN)n2)C1. The highest BCUT2D eigenvalue weighted by atomic mass is 16.5. The fourth-order valence-electron chi connectivity index (χ4n) is 2.28. The lowest BCUT2D eigenvalue weighted by Crippen LogP contribution is -2.32. The van der Waals surface area contributed by atoms with Gasteiger partial charge in [0, 0.05) is 13.1 Å². The van der Waals surface area contributed by atoms with Crippen LogP contribution >= 0.6 is 0 Å². The Kier molecular flexibility index (Phi) is 4.23. The summed E-state index contributed by atoms with van der Waals surface area (Å²) in [4.78, 5) is 9.19. The van der Waals surface area contributed by atoms with Gasteiger partial charge in [0.2, 0.25) is 5.89 Å². The van der Waals surface area contributed by atoms with Gasteiger partial charge in [0.1, 0.15) is 0 Å². The lowest BCUT2D eigenvalue weighted by Gasteiger charge is -2.24. The molecular weight excluding hydrogens is 242 g/mol. The van der Waals surface area contributed by atoms with Crippen LogP contribution in [0.25, 0.3) is 0 Å². The van der Waals surface area contributed by atoms with Crippen molar-refractivity contribution in [1.82, 2.24) is 19.9 Å². The van der Waals surface area contributed by atoms with E-state index >= 15 is 0 Å². The monoisotopic (exact) mass is 267 g/mol. The molecule has 0 aromatic carbocycles. The molecule has 6 nitrogen and oxygen atoms in total. The average molecular weight is 267 g/mol.